The van der Waals surface area contributed by atoms with Gasteiger partial charge in [-0.25, -0.2) is 4.79 Å². The average Bonchev–Trinajstić information content (AvgIpc) is 2.79. The normalized spacial score (nSPS) is 21.8. The molecule has 2 aromatic carbocycles. The molecule has 2 aromatic rings. The highest BCUT2D eigenvalue weighted by molar-refractivity contribution is 5.89. The van der Waals surface area contributed by atoms with Gasteiger partial charge in [-0.15, -0.1) is 0 Å². The van der Waals surface area contributed by atoms with Gasteiger partial charge in [0.1, 0.15) is 0 Å². The van der Waals surface area contributed by atoms with Gasteiger partial charge in [0.05, 0.1) is 24.4 Å². The number of rotatable bonds is 5. The van der Waals surface area contributed by atoms with Gasteiger partial charge >= 0.3 is 5.97 Å². The Kier molecular flexibility index (Phi) is 6.66. The molecule has 4 rings (SSSR count). The zero-order valence-electron chi connectivity index (χ0n) is 18.8. The van der Waals surface area contributed by atoms with E-state index in [0.717, 1.165) is 45.0 Å². The third-order valence-electron chi connectivity index (χ3n) is 6.02. The lowest BCUT2D eigenvalue weighted by molar-refractivity contribution is -0.00522. The Labute approximate surface area is 185 Å². The Bertz CT molecular complexity index is 851. The van der Waals surface area contributed by atoms with Crippen LogP contribution in [0.3, 0.4) is 0 Å². The molecule has 31 heavy (non-hydrogen) atoms. The summed E-state index contributed by atoms with van der Waals surface area (Å²) >= 11 is 0. The molecule has 2 aliphatic rings. The maximum atomic E-state index is 11.8. The zero-order chi connectivity index (χ0) is 21.8. The summed E-state index contributed by atoms with van der Waals surface area (Å²) in [6.07, 6.45) is 0.533. The van der Waals surface area contributed by atoms with Crippen molar-refractivity contribution in [2.45, 2.75) is 33.0 Å². The molecule has 2 heterocycles. The Morgan fingerprint density at radius 2 is 1.23 bits per heavy atom. The molecule has 2 atom stereocenters. The maximum absolute atomic E-state index is 11.8. The van der Waals surface area contributed by atoms with Crippen LogP contribution in [0.5, 0.6) is 0 Å². The molecule has 0 amide bonds. The van der Waals surface area contributed by atoms with E-state index in [9.17, 15) is 4.79 Å². The Balaban J connectivity index is 1.33. The van der Waals surface area contributed by atoms with E-state index in [0.29, 0.717) is 12.2 Å². The van der Waals surface area contributed by atoms with Gasteiger partial charge in [-0.05, 0) is 69.3 Å². The highest BCUT2D eigenvalue weighted by Crippen LogP contribution is 2.26. The first-order valence-electron chi connectivity index (χ1n) is 11.3. The molecule has 2 unspecified atom stereocenters. The average molecular weight is 424 g/mol. The van der Waals surface area contributed by atoms with Gasteiger partial charge in [0, 0.05) is 56.3 Å². The van der Waals surface area contributed by atoms with Crippen molar-refractivity contribution in [2.75, 3.05) is 60.6 Å². The molecule has 0 aliphatic carbocycles. The van der Waals surface area contributed by atoms with Crippen LogP contribution in [0.4, 0.5) is 17.1 Å². The van der Waals surface area contributed by atoms with Gasteiger partial charge in [0.25, 0.3) is 0 Å². The Hall–Kier alpha value is -2.73. The monoisotopic (exact) mass is 423 g/mol. The van der Waals surface area contributed by atoms with Crippen LogP contribution in [0, 0.1) is 0 Å². The first-order valence-corrected chi connectivity index (χ1v) is 11.3. The molecule has 0 N–H and O–H groups in total. The summed E-state index contributed by atoms with van der Waals surface area (Å²) < 4.78 is 10.9. The van der Waals surface area contributed by atoms with Gasteiger partial charge in [-0.1, -0.05) is 0 Å². The molecule has 0 spiro atoms. The van der Waals surface area contributed by atoms with Crippen LogP contribution in [0.1, 0.15) is 31.1 Å². The fourth-order valence-electron chi connectivity index (χ4n) is 4.51. The van der Waals surface area contributed by atoms with E-state index in [1.807, 2.05) is 31.2 Å². The van der Waals surface area contributed by atoms with Crippen LogP contribution in [-0.4, -0.2) is 64.1 Å². The van der Waals surface area contributed by atoms with Gasteiger partial charge in [-0.2, -0.15) is 0 Å². The first-order chi connectivity index (χ1) is 15.0. The van der Waals surface area contributed by atoms with E-state index in [1.165, 1.54) is 11.4 Å². The molecule has 2 fully saturated rings. The van der Waals surface area contributed by atoms with Crippen LogP contribution in [0.25, 0.3) is 0 Å². The largest absolute Gasteiger partial charge is 0.462 e. The van der Waals surface area contributed by atoms with Crippen LogP contribution in [-0.2, 0) is 9.47 Å². The molecule has 166 valence electrons. The first kappa shape index (κ1) is 21.5. The molecule has 6 nitrogen and oxygen atoms in total. The van der Waals surface area contributed by atoms with Crippen LogP contribution >= 0.6 is 0 Å². The van der Waals surface area contributed by atoms with Crippen molar-refractivity contribution in [3.05, 3.63) is 54.1 Å². The number of benzene rings is 2. The highest BCUT2D eigenvalue weighted by atomic mass is 16.5. The summed E-state index contributed by atoms with van der Waals surface area (Å²) in [6.45, 7) is 12.3. The molecule has 2 saturated heterocycles. The van der Waals surface area contributed by atoms with Crippen molar-refractivity contribution in [3.8, 4) is 0 Å². The molecule has 0 saturated carbocycles. The summed E-state index contributed by atoms with van der Waals surface area (Å²) in [4.78, 5) is 19.1. The number of hydrogen-bond acceptors (Lipinski definition) is 6. The molecule has 0 aromatic heterocycles. The minimum atomic E-state index is -0.261. The quantitative estimate of drug-likeness (QED) is 0.682. The molecule has 0 bridgehead atoms. The summed E-state index contributed by atoms with van der Waals surface area (Å²) in [5, 5.41) is 0. The number of esters is 1. The zero-order valence-corrected chi connectivity index (χ0v) is 18.8. The fraction of sp³-hybridized carbons (Fsp3) is 0.480. The van der Waals surface area contributed by atoms with E-state index >= 15 is 0 Å². The van der Waals surface area contributed by atoms with E-state index in [-0.39, 0.29) is 18.2 Å². The van der Waals surface area contributed by atoms with Gasteiger partial charge in [0.2, 0.25) is 0 Å². The van der Waals surface area contributed by atoms with E-state index in [2.05, 4.69) is 52.8 Å². The topological polar surface area (TPSA) is 45.2 Å². The van der Waals surface area contributed by atoms with Gasteiger partial charge < -0.3 is 24.2 Å². The third kappa shape index (κ3) is 5.13. The lowest BCUT2D eigenvalue weighted by Gasteiger charge is -2.38. The molecule has 2 aliphatic heterocycles. The highest BCUT2D eigenvalue weighted by Gasteiger charge is 2.23. The lowest BCUT2D eigenvalue weighted by atomic mass is 10.1. The van der Waals surface area contributed by atoms with Crippen molar-refractivity contribution in [3.63, 3.8) is 0 Å². The summed E-state index contributed by atoms with van der Waals surface area (Å²) in [5.74, 6) is -0.261. The van der Waals surface area contributed by atoms with Crippen LogP contribution in [0.2, 0.25) is 0 Å². The smallest absolute Gasteiger partial charge is 0.338 e. The van der Waals surface area contributed by atoms with Crippen molar-refractivity contribution in [1.29, 1.82) is 0 Å². The lowest BCUT2D eigenvalue weighted by Crippen LogP contribution is -2.46. The number of carbonyl (C=O) groups excluding carboxylic acids is 1. The Morgan fingerprint density at radius 3 is 1.68 bits per heavy atom. The van der Waals surface area contributed by atoms with Crippen molar-refractivity contribution >= 4 is 23.0 Å². The number of nitrogens with zero attached hydrogens (tertiary/aromatic N) is 3. The van der Waals surface area contributed by atoms with E-state index < -0.39 is 0 Å². The maximum Gasteiger partial charge on any atom is 0.338 e. The van der Waals surface area contributed by atoms with Crippen LogP contribution < -0.4 is 14.7 Å². The standard InChI is InChI=1S/C25H33N3O3/c1-4-30-25(29)21-5-7-22(8-6-21)26-13-15-27(16-14-26)23-9-11-24(12-10-23)28-17-19(2)31-20(3)18-28/h5-12,19-20H,4,13-18H2,1-3H3. The second kappa shape index (κ2) is 9.60. The molecular weight excluding hydrogens is 390 g/mol. The van der Waals surface area contributed by atoms with Crippen molar-refractivity contribution in [2.24, 2.45) is 0 Å². The Morgan fingerprint density at radius 1 is 0.806 bits per heavy atom. The fourth-order valence-corrected chi connectivity index (χ4v) is 4.51. The molecule has 0 radical (unpaired) electrons. The number of ether oxygens (including phenoxy) is 2. The van der Waals surface area contributed by atoms with Crippen molar-refractivity contribution in [1.82, 2.24) is 0 Å². The predicted molar refractivity (Wildman–Crippen MR) is 125 cm³/mol. The minimum absolute atomic E-state index is 0.261. The number of piperazine rings is 1. The van der Waals surface area contributed by atoms with Crippen LogP contribution in [0.15, 0.2) is 48.5 Å². The summed E-state index contributed by atoms with van der Waals surface area (Å²) in [7, 11) is 0. The van der Waals surface area contributed by atoms with Gasteiger partial charge in [0.15, 0.2) is 0 Å². The summed E-state index contributed by atoms with van der Waals surface area (Å²) in [6, 6.07) is 16.7. The number of hydrogen-bond donors (Lipinski definition) is 0. The SMILES string of the molecule is CCOC(=O)c1ccc(N2CCN(c3ccc(N4CC(C)OC(C)C4)cc3)CC2)cc1. The number of morpholine rings is 1. The second-order valence-corrected chi connectivity index (χ2v) is 8.42. The number of carbonyl (C=O) groups is 1. The van der Waals surface area contributed by atoms with Gasteiger partial charge in [-0.3, -0.25) is 0 Å². The second-order valence-electron chi connectivity index (χ2n) is 8.42. The molecular formula is C25H33N3O3. The summed E-state index contributed by atoms with van der Waals surface area (Å²) in [5.41, 5.74) is 4.30. The molecule has 6 heteroatoms. The third-order valence-corrected chi connectivity index (χ3v) is 6.02. The van der Waals surface area contributed by atoms with Crippen molar-refractivity contribution < 1.29 is 14.3 Å². The number of anilines is 3. The van der Waals surface area contributed by atoms with E-state index in [1.54, 1.807) is 0 Å². The predicted octanol–water partition coefficient (Wildman–Crippen LogP) is 3.80. The van der Waals surface area contributed by atoms with E-state index in [4.69, 9.17) is 9.47 Å². The minimum Gasteiger partial charge on any atom is -0.462 e.